The van der Waals surface area contributed by atoms with Gasteiger partial charge in [0, 0.05) is 19.3 Å². The van der Waals surface area contributed by atoms with Crippen LogP contribution in [0.25, 0.3) is 0 Å². The van der Waals surface area contributed by atoms with Crippen LogP contribution in [0, 0.1) is 5.92 Å². The minimum atomic E-state index is -0.192. The number of quaternary nitrogens is 1. The number of piperidine rings is 1. The molecule has 0 amide bonds. The highest BCUT2D eigenvalue weighted by atomic mass is 35.5. The van der Waals surface area contributed by atoms with E-state index in [0.29, 0.717) is 12.1 Å². The van der Waals surface area contributed by atoms with E-state index in [4.69, 9.17) is 9.47 Å². The average Bonchev–Trinajstić information content (AvgIpc) is 2.79. The third-order valence-electron chi connectivity index (χ3n) is 4.85. The van der Waals surface area contributed by atoms with Gasteiger partial charge in [0.2, 0.25) is 0 Å². The topological polar surface area (TPSA) is 35.1 Å². The van der Waals surface area contributed by atoms with Crippen LogP contribution < -0.4 is 17.7 Å². The van der Waals surface area contributed by atoms with Crippen molar-refractivity contribution in [2.24, 2.45) is 5.92 Å². The van der Waals surface area contributed by atoms with Gasteiger partial charge in [0.25, 0.3) is 0 Å². The molecule has 1 aliphatic carbocycles. The molecule has 2 heterocycles. The predicted molar refractivity (Wildman–Crippen MR) is 65.6 cm³/mol. The first-order valence-corrected chi connectivity index (χ1v) is 7.42. The SMILES string of the molecule is CC1CCC2(CC1)OCC(C1CCCC[NH2+]1)O2.[Cl-]. The fraction of sp³-hybridized carbons (Fsp3) is 1.00. The standard InChI is InChI=1S/C14H25NO2.ClH/c1-11-5-7-14(8-6-11)16-10-13(17-14)12-4-2-3-9-15-12;/h11-13,15H,2-10H2,1H3;1H. The van der Waals surface area contributed by atoms with E-state index in [-0.39, 0.29) is 18.2 Å². The molecule has 3 fully saturated rings. The zero-order valence-electron chi connectivity index (χ0n) is 11.4. The summed E-state index contributed by atoms with van der Waals surface area (Å²) >= 11 is 0. The molecule has 0 aromatic heterocycles. The van der Waals surface area contributed by atoms with E-state index in [9.17, 15) is 0 Å². The van der Waals surface area contributed by atoms with E-state index in [1.807, 2.05) is 0 Å². The number of ether oxygens (including phenoxy) is 2. The molecule has 2 unspecified atom stereocenters. The lowest BCUT2D eigenvalue weighted by molar-refractivity contribution is -0.704. The Morgan fingerprint density at radius 3 is 2.56 bits per heavy atom. The summed E-state index contributed by atoms with van der Waals surface area (Å²) in [7, 11) is 0. The second-order valence-corrected chi connectivity index (χ2v) is 6.24. The third-order valence-corrected chi connectivity index (χ3v) is 4.85. The summed E-state index contributed by atoms with van der Waals surface area (Å²) in [6.07, 6.45) is 9.14. The van der Waals surface area contributed by atoms with Crippen molar-refractivity contribution >= 4 is 0 Å². The van der Waals surface area contributed by atoms with Crippen LogP contribution in [0.2, 0.25) is 0 Å². The molecular weight excluding hydrogens is 250 g/mol. The van der Waals surface area contributed by atoms with Crippen LogP contribution >= 0.6 is 0 Å². The minimum absolute atomic E-state index is 0. The van der Waals surface area contributed by atoms with Gasteiger partial charge in [0.1, 0.15) is 12.1 Å². The molecule has 2 aliphatic heterocycles. The molecule has 3 aliphatic rings. The number of halogens is 1. The lowest BCUT2D eigenvalue weighted by Gasteiger charge is -2.35. The molecule has 0 radical (unpaired) electrons. The lowest BCUT2D eigenvalue weighted by atomic mass is 9.86. The van der Waals surface area contributed by atoms with Gasteiger partial charge in [0.05, 0.1) is 13.2 Å². The van der Waals surface area contributed by atoms with Gasteiger partial charge in [-0.3, -0.25) is 0 Å². The van der Waals surface area contributed by atoms with Crippen molar-refractivity contribution < 1.29 is 27.2 Å². The summed E-state index contributed by atoms with van der Waals surface area (Å²) < 4.78 is 12.4. The van der Waals surface area contributed by atoms with Crippen molar-refractivity contribution in [2.75, 3.05) is 13.2 Å². The maximum Gasteiger partial charge on any atom is 0.169 e. The highest BCUT2D eigenvalue weighted by molar-refractivity contribution is 4.86. The number of hydrogen-bond acceptors (Lipinski definition) is 2. The van der Waals surface area contributed by atoms with Crippen molar-refractivity contribution in [3.63, 3.8) is 0 Å². The zero-order valence-corrected chi connectivity index (χ0v) is 12.1. The van der Waals surface area contributed by atoms with E-state index in [1.165, 1.54) is 38.6 Å². The van der Waals surface area contributed by atoms with Crippen molar-refractivity contribution in [3.8, 4) is 0 Å². The van der Waals surface area contributed by atoms with Crippen molar-refractivity contribution in [2.45, 2.75) is 69.8 Å². The Morgan fingerprint density at radius 1 is 1.11 bits per heavy atom. The largest absolute Gasteiger partial charge is 1.00 e. The molecule has 3 rings (SSSR count). The molecule has 0 aromatic carbocycles. The van der Waals surface area contributed by atoms with Crippen LogP contribution in [-0.4, -0.2) is 31.1 Å². The normalized spacial score (nSPS) is 44.8. The second kappa shape index (κ2) is 6.08. The Labute approximate surface area is 116 Å². The smallest absolute Gasteiger partial charge is 0.169 e. The fourth-order valence-corrected chi connectivity index (χ4v) is 3.56. The van der Waals surface area contributed by atoms with E-state index < -0.39 is 0 Å². The van der Waals surface area contributed by atoms with E-state index in [1.54, 1.807) is 0 Å². The number of hydrogen-bond donors (Lipinski definition) is 1. The summed E-state index contributed by atoms with van der Waals surface area (Å²) in [5, 5.41) is 2.47. The first-order valence-electron chi connectivity index (χ1n) is 7.42. The lowest BCUT2D eigenvalue weighted by Crippen LogP contribution is -3.00. The van der Waals surface area contributed by atoms with Crippen LogP contribution in [0.3, 0.4) is 0 Å². The summed E-state index contributed by atoms with van der Waals surface area (Å²) in [5.41, 5.74) is 0. The van der Waals surface area contributed by atoms with Gasteiger partial charge < -0.3 is 27.2 Å². The molecular formula is C14H26ClNO2. The molecule has 1 spiro atoms. The number of nitrogens with two attached hydrogens (primary N) is 1. The fourth-order valence-electron chi connectivity index (χ4n) is 3.56. The monoisotopic (exact) mass is 275 g/mol. The van der Waals surface area contributed by atoms with E-state index in [0.717, 1.165) is 25.4 Å². The van der Waals surface area contributed by atoms with Crippen molar-refractivity contribution in [1.82, 2.24) is 0 Å². The molecule has 2 N–H and O–H groups in total. The van der Waals surface area contributed by atoms with Gasteiger partial charge in [0.15, 0.2) is 5.79 Å². The predicted octanol–water partition coefficient (Wildman–Crippen LogP) is -1.57. The third kappa shape index (κ3) is 3.01. The maximum absolute atomic E-state index is 6.32. The van der Waals surface area contributed by atoms with Gasteiger partial charge in [-0.25, -0.2) is 0 Å². The molecule has 18 heavy (non-hydrogen) atoms. The molecule has 3 nitrogen and oxygen atoms in total. The first kappa shape index (κ1) is 14.6. The van der Waals surface area contributed by atoms with Gasteiger partial charge in [-0.05, 0) is 31.6 Å². The first-order chi connectivity index (χ1) is 8.27. The van der Waals surface area contributed by atoms with E-state index in [2.05, 4.69) is 12.2 Å². The molecule has 1 saturated carbocycles. The Kier molecular flexibility index (Phi) is 4.92. The number of rotatable bonds is 1. The Hall–Kier alpha value is 0.170. The summed E-state index contributed by atoms with van der Waals surface area (Å²) in [4.78, 5) is 0. The average molecular weight is 276 g/mol. The van der Waals surface area contributed by atoms with Crippen LogP contribution in [0.4, 0.5) is 0 Å². The van der Waals surface area contributed by atoms with Crippen molar-refractivity contribution in [1.29, 1.82) is 0 Å². The zero-order chi connectivity index (χ0) is 11.7. The highest BCUT2D eigenvalue weighted by Gasteiger charge is 2.46. The summed E-state index contributed by atoms with van der Waals surface area (Å²) in [5.74, 6) is 0.663. The van der Waals surface area contributed by atoms with E-state index >= 15 is 0 Å². The summed E-state index contributed by atoms with van der Waals surface area (Å²) in [6.45, 7) is 4.44. The molecule has 2 saturated heterocycles. The molecule has 106 valence electrons. The Morgan fingerprint density at radius 2 is 1.89 bits per heavy atom. The Bertz CT molecular complexity index is 261. The molecule has 0 aromatic rings. The minimum Gasteiger partial charge on any atom is -1.00 e. The van der Waals surface area contributed by atoms with Crippen LogP contribution in [-0.2, 0) is 9.47 Å². The van der Waals surface area contributed by atoms with Gasteiger partial charge in [-0.15, -0.1) is 0 Å². The van der Waals surface area contributed by atoms with Gasteiger partial charge in [-0.1, -0.05) is 6.92 Å². The summed E-state index contributed by atoms with van der Waals surface area (Å²) in [6, 6.07) is 0.655. The second-order valence-electron chi connectivity index (χ2n) is 6.24. The highest BCUT2D eigenvalue weighted by Crippen LogP contribution is 2.40. The molecule has 0 bridgehead atoms. The Balaban J connectivity index is 0.00000120. The molecule has 2 atom stereocenters. The molecule has 4 heteroatoms. The van der Waals surface area contributed by atoms with Crippen LogP contribution in [0.15, 0.2) is 0 Å². The van der Waals surface area contributed by atoms with Crippen LogP contribution in [0.1, 0.15) is 51.9 Å². The van der Waals surface area contributed by atoms with Crippen LogP contribution in [0.5, 0.6) is 0 Å². The maximum atomic E-state index is 6.32. The van der Waals surface area contributed by atoms with Gasteiger partial charge >= 0.3 is 0 Å². The van der Waals surface area contributed by atoms with Gasteiger partial charge in [-0.2, -0.15) is 0 Å². The quantitative estimate of drug-likeness (QED) is 0.628. The van der Waals surface area contributed by atoms with Crippen molar-refractivity contribution in [3.05, 3.63) is 0 Å².